The molecule has 3 rings (SSSR count). The Morgan fingerprint density at radius 1 is 1.57 bits per heavy atom. The van der Waals surface area contributed by atoms with Gasteiger partial charge in [0.25, 0.3) is 0 Å². The van der Waals surface area contributed by atoms with E-state index in [0.717, 1.165) is 17.1 Å². The molecule has 0 amide bonds. The first-order valence-electron chi connectivity index (χ1n) is 7.08. The molecule has 21 heavy (non-hydrogen) atoms. The number of ether oxygens (including phenoxy) is 2. The van der Waals surface area contributed by atoms with Crippen molar-refractivity contribution in [3.63, 3.8) is 0 Å². The van der Waals surface area contributed by atoms with Crippen LogP contribution in [0.4, 0.5) is 0 Å². The van der Waals surface area contributed by atoms with Gasteiger partial charge in [0.2, 0.25) is 0 Å². The fourth-order valence-corrected chi connectivity index (χ4v) is 3.62. The first-order chi connectivity index (χ1) is 10.0. The summed E-state index contributed by atoms with van der Waals surface area (Å²) in [5.41, 5.74) is 0.586. The summed E-state index contributed by atoms with van der Waals surface area (Å²) in [5.74, 6) is 1.79. The molecule has 2 bridgehead atoms. The molecule has 112 valence electrons. The Labute approximate surface area is 130 Å². The molecule has 0 spiro atoms. The Hall–Kier alpha value is -1.75. The van der Waals surface area contributed by atoms with Gasteiger partial charge in [-0.05, 0) is 25.2 Å². The highest BCUT2D eigenvalue weighted by atomic mass is 32.1. The zero-order valence-electron chi connectivity index (χ0n) is 12.6. The topological polar surface area (TPSA) is 33.7 Å². The van der Waals surface area contributed by atoms with Crippen LogP contribution in [0.3, 0.4) is 0 Å². The molecule has 1 N–H and O–H groups in total. The zero-order valence-corrected chi connectivity index (χ0v) is 13.4. The van der Waals surface area contributed by atoms with Crippen LogP contribution in [0, 0.1) is 5.92 Å². The third kappa shape index (κ3) is 1.91. The van der Waals surface area contributed by atoms with Crippen molar-refractivity contribution in [2.24, 2.45) is 5.92 Å². The summed E-state index contributed by atoms with van der Waals surface area (Å²) in [6.45, 7) is 8.72. The number of methoxy groups -OCH3 is 1. The average molecular weight is 304 g/mol. The van der Waals surface area contributed by atoms with Crippen LogP contribution in [-0.2, 0) is 0 Å². The molecule has 0 radical (unpaired) electrons. The van der Waals surface area contributed by atoms with E-state index in [-0.39, 0.29) is 12.0 Å². The second-order valence-electron chi connectivity index (χ2n) is 5.65. The smallest absolute Gasteiger partial charge is 0.187 e. The molecule has 5 heteroatoms. The molecular weight excluding hydrogens is 284 g/mol. The van der Waals surface area contributed by atoms with Crippen LogP contribution in [0.5, 0.6) is 11.5 Å². The first kappa shape index (κ1) is 14.2. The number of nitrogens with zero attached hydrogens (tertiary/aromatic N) is 1. The van der Waals surface area contributed by atoms with Crippen LogP contribution in [0.2, 0.25) is 0 Å². The third-order valence-corrected chi connectivity index (χ3v) is 4.93. The Bertz CT molecular complexity index is 604. The first-order valence-corrected chi connectivity index (χ1v) is 7.48. The number of rotatable bonds is 3. The molecular formula is C16H20N2O2S. The number of fused-ring (bicyclic) bond motifs is 4. The molecule has 2 aliphatic heterocycles. The van der Waals surface area contributed by atoms with Gasteiger partial charge in [0, 0.05) is 18.0 Å². The maximum absolute atomic E-state index is 6.39. The van der Waals surface area contributed by atoms with Crippen LogP contribution in [0.25, 0.3) is 0 Å². The van der Waals surface area contributed by atoms with E-state index in [2.05, 4.69) is 31.8 Å². The number of para-hydroxylation sites is 1. The number of thiocarbonyl (C=S) groups is 1. The van der Waals surface area contributed by atoms with E-state index in [1.807, 2.05) is 23.1 Å². The number of benzene rings is 1. The van der Waals surface area contributed by atoms with Crippen LogP contribution < -0.4 is 14.8 Å². The van der Waals surface area contributed by atoms with Crippen molar-refractivity contribution in [1.82, 2.24) is 10.2 Å². The van der Waals surface area contributed by atoms with E-state index >= 15 is 0 Å². The second kappa shape index (κ2) is 4.91. The summed E-state index contributed by atoms with van der Waals surface area (Å²) < 4.78 is 11.8. The van der Waals surface area contributed by atoms with Crippen molar-refractivity contribution in [3.8, 4) is 11.5 Å². The minimum atomic E-state index is -0.511. The normalized spacial score (nSPS) is 30.0. The Morgan fingerprint density at radius 2 is 2.33 bits per heavy atom. The minimum absolute atomic E-state index is 0.127. The van der Waals surface area contributed by atoms with E-state index in [4.69, 9.17) is 21.7 Å². The van der Waals surface area contributed by atoms with Crippen molar-refractivity contribution in [2.75, 3.05) is 13.7 Å². The molecule has 0 aliphatic carbocycles. The van der Waals surface area contributed by atoms with Crippen molar-refractivity contribution in [3.05, 3.63) is 36.4 Å². The summed E-state index contributed by atoms with van der Waals surface area (Å²) in [7, 11) is 1.66. The van der Waals surface area contributed by atoms with Gasteiger partial charge in [-0.25, -0.2) is 0 Å². The second-order valence-corrected chi connectivity index (χ2v) is 6.04. The average Bonchev–Trinajstić information content (AvgIpc) is 2.47. The molecule has 0 saturated carbocycles. The van der Waals surface area contributed by atoms with Crippen molar-refractivity contribution < 1.29 is 9.47 Å². The monoisotopic (exact) mass is 304 g/mol. The van der Waals surface area contributed by atoms with Crippen molar-refractivity contribution in [1.29, 1.82) is 0 Å². The number of hydrogen-bond donors (Lipinski definition) is 1. The fraction of sp³-hybridized carbons (Fsp3) is 0.438. The van der Waals surface area contributed by atoms with Gasteiger partial charge in [-0.3, -0.25) is 0 Å². The van der Waals surface area contributed by atoms with Crippen molar-refractivity contribution in [2.45, 2.75) is 25.6 Å². The van der Waals surface area contributed by atoms with E-state index < -0.39 is 5.72 Å². The van der Waals surface area contributed by atoms with Gasteiger partial charge in [-0.1, -0.05) is 25.1 Å². The molecule has 0 aromatic heterocycles. The molecule has 1 aromatic rings. The number of hydrogen-bond acceptors (Lipinski definition) is 3. The van der Waals surface area contributed by atoms with Gasteiger partial charge < -0.3 is 19.7 Å². The maximum atomic E-state index is 6.39. The van der Waals surface area contributed by atoms with E-state index in [9.17, 15) is 0 Å². The number of nitrogens with one attached hydrogen (secondary N) is 1. The quantitative estimate of drug-likeness (QED) is 0.686. The van der Waals surface area contributed by atoms with Gasteiger partial charge in [0.1, 0.15) is 0 Å². The van der Waals surface area contributed by atoms with Crippen LogP contribution in [0.15, 0.2) is 30.9 Å². The lowest BCUT2D eigenvalue weighted by atomic mass is 9.81. The highest BCUT2D eigenvalue weighted by Crippen LogP contribution is 2.50. The van der Waals surface area contributed by atoms with Gasteiger partial charge >= 0.3 is 0 Å². The maximum Gasteiger partial charge on any atom is 0.187 e. The molecule has 1 aromatic carbocycles. The predicted molar refractivity (Wildman–Crippen MR) is 86.6 cm³/mol. The standard InChI is InChI=1S/C16H20N2O2S/c1-5-9-18-15(21)17-13-10(2)16(18,3)20-14-11(13)7-6-8-12(14)19-4/h5-8,10,13H,1,9H2,2-4H3,(H,17,21). The van der Waals surface area contributed by atoms with Crippen molar-refractivity contribution >= 4 is 17.3 Å². The van der Waals surface area contributed by atoms with E-state index in [0.29, 0.717) is 11.7 Å². The summed E-state index contributed by atoms with van der Waals surface area (Å²) in [6, 6.07) is 6.10. The summed E-state index contributed by atoms with van der Waals surface area (Å²) >= 11 is 5.52. The zero-order chi connectivity index (χ0) is 15.2. The highest BCUT2D eigenvalue weighted by molar-refractivity contribution is 7.80. The molecule has 3 unspecified atom stereocenters. The lowest BCUT2D eigenvalue weighted by Gasteiger charge is -2.56. The molecule has 3 atom stereocenters. The summed E-state index contributed by atoms with van der Waals surface area (Å²) in [4.78, 5) is 2.05. The molecule has 2 aliphatic rings. The van der Waals surface area contributed by atoms with Gasteiger partial charge in [0.05, 0.1) is 13.2 Å². The largest absolute Gasteiger partial charge is 0.493 e. The minimum Gasteiger partial charge on any atom is -0.493 e. The summed E-state index contributed by atoms with van der Waals surface area (Å²) in [5, 5.41) is 4.14. The lowest BCUT2D eigenvalue weighted by Crippen LogP contribution is -2.68. The van der Waals surface area contributed by atoms with Crippen LogP contribution in [0.1, 0.15) is 25.5 Å². The van der Waals surface area contributed by atoms with Gasteiger partial charge in [0.15, 0.2) is 22.3 Å². The van der Waals surface area contributed by atoms with Crippen LogP contribution in [-0.4, -0.2) is 29.4 Å². The predicted octanol–water partition coefficient (Wildman–Crippen LogP) is 2.86. The fourth-order valence-electron chi connectivity index (χ4n) is 3.24. The van der Waals surface area contributed by atoms with Gasteiger partial charge in [-0.2, -0.15) is 0 Å². The molecule has 1 saturated heterocycles. The Balaban J connectivity index is 2.14. The summed E-state index contributed by atoms with van der Waals surface area (Å²) in [6.07, 6.45) is 1.84. The SMILES string of the molecule is C=CCN1C(=S)NC2c3cccc(OC)c3OC1(C)C2C. The van der Waals surface area contributed by atoms with Gasteiger partial charge in [-0.15, -0.1) is 6.58 Å². The van der Waals surface area contributed by atoms with E-state index in [1.165, 1.54) is 0 Å². The molecule has 2 heterocycles. The van der Waals surface area contributed by atoms with Crippen LogP contribution >= 0.6 is 12.2 Å². The highest BCUT2D eigenvalue weighted by Gasteiger charge is 2.53. The Kier molecular flexibility index (Phi) is 3.32. The Morgan fingerprint density at radius 3 is 3.00 bits per heavy atom. The molecule has 4 nitrogen and oxygen atoms in total. The third-order valence-electron chi connectivity index (χ3n) is 4.59. The molecule has 1 fully saturated rings. The lowest BCUT2D eigenvalue weighted by molar-refractivity contribution is -0.107. The van der Waals surface area contributed by atoms with E-state index in [1.54, 1.807) is 7.11 Å².